The van der Waals surface area contributed by atoms with Gasteiger partial charge in [-0.2, -0.15) is 5.10 Å². The molecule has 2 rings (SSSR count). The third-order valence-electron chi connectivity index (χ3n) is 3.12. The summed E-state index contributed by atoms with van der Waals surface area (Å²) in [4.78, 5) is 0. The van der Waals surface area contributed by atoms with Gasteiger partial charge in [0.15, 0.2) is 5.11 Å². The fraction of sp³-hybridized carbons (Fsp3) is 0.333. The van der Waals surface area contributed by atoms with Crippen LogP contribution in [0.2, 0.25) is 0 Å². The van der Waals surface area contributed by atoms with Crippen molar-refractivity contribution in [2.24, 2.45) is 11.0 Å². The van der Waals surface area contributed by atoms with Crippen molar-refractivity contribution in [1.29, 1.82) is 0 Å². The van der Waals surface area contributed by atoms with Gasteiger partial charge in [-0.1, -0.05) is 24.3 Å². The van der Waals surface area contributed by atoms with Crippen molar-refractivity contribution in [1.82, 2.24) is 5.43 Å². The maximum absolute atomic E-state index is 5.25. The summed E-state index contributed by atoms with van der Waals surface area (Å²) < 4.78 is 5.25. The highest BCUT2D eigenvalue weighted by Gasteiger charge is 2.06. The van der Waals surface area contributed by atoms with E-state index in [-0.39, 0.29) is 0 Å². The van der Waals surface area contributed by atoms with Crippen molar-refractivity contribution in [2.45, 2.75) is 19.3 Å². The molecule has 0 saturated heterocycles. The molecule has 0 aliphatic heterocycles. The first-order valence-corrected chi connectivity index (χ1v) is 7.08. The van der Waals surface area contributed by atoms with Crippen LogP contribution in [0, 0.1) is 5.92 Å². The molecule has 1 aliphatic carbocycles. The van der Waals surface area contributed by atoms with Crippen LogP contribution in [0.15, 0.2) is 41.5 Å². The zero-order valence-electron chi connectivity index (χ0n) is 11.5. The van der Waals surface area contributed by atoms with E-state index in [9.17, 15) is 0 Å². The average Bonchev–Trinajstić information content (AvgIpc) is 2.49. The van der Waals surface area contributed by atoms with E-state index < -0.39 is 0 Å². The van der Waals surface area contributed by atoms with E-state index in [2.05, 4.69) is 28.0 Å². The van der Waals surface area contributed by atoms with E-state index in [0.29, 0.717) is 11.0 Å². The molecule has 5 heteroatoms. The second-order valence-corrected chi connectivity index (χ2v) is 5.00. The quantitative estimate of drug-likeness (QED) is 0.386. The van der Waals surface area contributed by atoms with E-state index in [1.54, 1.807) is 7.11 Å². The lowest BCUT2D eigenvalue weighted by Gasteiger charge is -2.13. The molecule has 0 heterocycles. The molecule has 0 fully saturated rings. The van der Waals surface area contributed by atoms with Gasteiger partial charge in [0.05, 0.1) is 12.8 Å². The molecule has 20 heavy (non-hydrogen) atoms. The molecule has 1 aliphatic rings. The summed E-state index contributed by atoms with van der Waals surface area (Å²) in [5.74, 6) is 1.25. The van der Waals surface area contributed by atoms with Gasteiger partial charge in [-0.15, -0.1) is 0 Å². The lowest BCUT2D eigenvalue weighted by molar-refractivity contribution is 0.417. The van der Waals surface area contributed by atoms with Crippen molar-refractivity contribution in [2.75, 3.05) is 12.4 Å². The predicted molar refractivity (Wildman–Crippen MR) is 87.3 cm³/mol. The lowest BCUT2D eigenvalue weighted by Crippen LogP contribution is -2.24. The van der Waals surface area contributed by atoms with Crippen molar-refractivity contribution in [3.8, 4) is 5.75 Å². The molecule has 4 nitrogen and oxygen atoms in total. The Kier molecular flexibility index (Phi) is 5.55. The predicted octanol–water partition coefficient (Wildman–Crippen LogP) is 3.32. The Balaban J connectivity index is 1.83. The maximum atomic E-state index is 5.25. The van der Waals surface area contributed by atoms with Gasteiger partial charge >= 0.3 is 0 Å². The van der Waals surface area contributed by atoms with Gasteiger partial charge in [0.1, 0.15) is 5.75 Å². The standard InChI is InChI=1S/C15H19N3OS/c1-19-14-10-6-5-9-13(14)17-15(20)18-16-11-12-7-3-2-4-8-12/h2-3,5-6,9-12H,4,7-8H2,1H3,(H2,17,18,20). The zero-order chi connectivity index (χ0) is 14.2. The van der Waals surface area contributed by atoms with Gasteiger partial charge < -0.3 is 10.1 Å². The largest absolute Gasteiger partial charge is 0.495 e. The molecule has 0 radical (unpaired) electrons. The third kappa shape index (κ3) is 4.35. The number of rotatable bonds is 4. The van der Waals surface area contributed by atoms with Gasteiger partial charge in [-0.05, 0) is 49.5 Å². The molecule has 1 aromatic carbocycles. The minimum absolute atomic E-state index is 0.456. The van der Waals surface area contributed by atoms with E-state index in [4.69, 9.17) is 17.0 Å². The van der Waals surface area contributed by atoms with Crippen LogP contribution in [-0.4, -0.2) is 18.4 Å². The summed E-state index contributed by atoms with van der Waals surface area (Å²) in [7, 11) is 1.63. The first-order valence-electron chi connectivity index (χ1n) is 6.68. The number of hydrogen-bond acceptors (Lipinski definition) is 3. The van der Waals surface area contributed by atoms with Crippen molar-refractivity contribution >= 4 is 29.2 Å². The van der Waals surface area contributed by atoms with Crippen LogP contribution >= 0.6 is 12.2 Å². The highest BCUT2D eigenvalue weighted by molar-refractivity contribution is 7.80. The summed E-state index contributed by atoms with van der Waals surface area (Å²) in [6.07, 6.45) is 9.67. The second kappa shape index (κ2) is 7.65. The first kappa shape index (κ1) is 14.5. The molecule has 2 N–H and O–H groups in total. The minimum atomic E-state index is 0.456. The minimum Gasteiger partial charge on any atom is -0.495 e. The molecule has 106 valence electrons. The fourth-order valence-corrected chi connectivity index (χ4v) is 2.21. The Labute approximate surface area is 124 Å². The number of hydrazone groups is 1. The van der Waals surface area contributed by atoms with E-state index >= 15 is 0 Å². The van der Waals surface area contributed by atoms with E-state index in [1.807, 2.05) is 30.5 Å². The monoisotopic (exact) mass is 289 g/mol. The van der Waals surface area contributed by atoms with Crippen LogP contribution in [0.25, 0.3) is 0 Å². The molecule has 1 unspecified atom stereocenters. The third-order valence-corrected chi connectivity index (χ3v) is 3.31. The fourth-order valence-electron chi connectivity index (χ4n) is 2.05. The number of thiocarbonyl (C=S) groups is 1. The molecule has 0 bridgehead atoms. The Morgan fingerprint density at radius 2 is 2.25 bits per heavy atom. The van der Waals surface area contributed by atoms with Gasteiger partial charge in [-0.25, -0.2) is 0 Å². The maximum Gasteiger partial charge on any atom is 0.191 e. The number of hydrogen-bond donors (Lipinski definition) is 2. The molecule has 0 spiro atoms. The topological polar surface area (TPSA) is 45.6 Å². The Bertz CT molecular complexity index is 514. The number of benzene rings is 1. The van der Waals surface area contributed by atoms with Crippen LogP contribution in [0.5, 0.6) is 5.75 Å². The van der Waals surface area contributed by atoms with Crippen LogP contribution in [-0.2, 0) is 0 Å². The van der Waals surface area contributed by atoms with Crippen LogP contribution in [0.3, 0.4) is 0 Å². The number of anilines is 1. The smallest absolute Gasteiger partial charge is 0.191 e. The van der Waals surface area contributed by atoms with Gasteiger partial charge in [0.25, 0.3) is 0 Å². The summed E-state index contributed by atoms with van der Waals surface area (Å²) in [5.41, 5.74) is 3.66. The van der Waals surface area contributed by atoms with E-state index in [0.717, 1.165) is 30.7 Å². The summed E-state index contributed by atoms with van der Waals surface area (Å²) in [6.45, 7) is 0. The second-order valence-electron chi connectivity index (χ2n) is 4.59. The number of para-hydroxylation sites is 2. The van der Waals surface area contributed by atoms with Crippen LogP contribution in [0.4, 0.5) is 5.69 Å². The van der Waals surface area contributed by atoms with Crippen LogP contribution < -0.4 is 15.5 Å². The zero-order valence-corrected chi connectivity index (χ0v) is 12.3. The number of allylic oxidation sites excluding steroid dienone is 2. The summed E-state index contributed by atoms with van der Waals surface area (Å²) in [6, 6.07) is 7.62. The van der Waals surface area contributed by atoms with Gasteiger partial charge in [0.2, 0.25) is 0 Å². The molecule has 1 atom stereocenters. The number of ether oxygens (including phenoxy) is 1. The molecule has 0 aromatic heterocycles. The molecule has 0 saturated carbocycles. The number of nitrogens with one attached hydrogen (secondary N) is 2. The number of methoxy groups -OCH3 is 1. The highest BCUT2D eigenvalue weighted by Crippen LogP contribution is 2.22. The lowest BCUT2D eigenvalue weighted by atomic mass is 9.96. The highest BCUT2D eigenvalue weighted by atomic mass is 32.1. The Morgan fingerprint density at radius 1 is 1.40 bits per heavy atom. The number of nitrogens with zero attached hydrogens (tertiary/aromatic N) is 1. The molecular formula is C15H19N3OS. The summed E-state index contributed by atoms with van der Waals surface area (Å²) >= 11 is 5.20. The van der Waals surface area contributed by atoms with E-state index in [1.165, 1.54) is 0 Å². The normalized spacial score (nSPS) is 17.9. The Hall–Kier alpha value is -1.88. The molecular weight excluding hydrogens is 270 g/mol. The molecule has 1 aromatic rings. The van der Waals surface area contributed by atoms with Gasteiger partial charge in [-0.3, -0.25) is 5.43 Å². The average molecular weight is 289 g/mol. The van der Waals surface area contributed by atoms with Gasteiger partial charge in [0, 0.05) is 6.21 Å². The Morgan fingerprint density at radius 3 is 3.00 bits per heavy atom. The SMILES string of the molecule is COc1ccccc1NC(=S)NN=CC1CC=CCC1. The van der Waals surface area contributed by atoms with Crippen molar-refractivity contribution in [3.05, 3.63) is 36.4 Å². The molecule has 0 amide bonds. The summed E-state index contributed by atoms with van der Waals surface area (Å²) in [5, 5.41) is 7.72. The first-order chi connectivity index (χ1) is 9.79. The van der Waals surface area contributed by atoms with Crippen LogP contribution in [0.1, 0.15) is 19.3 Å². The van der Waals surface area contributed by atoms with Crippen molar-refractivity contribution < 1.29 is 4.74 Å². The van der Waals surface area contributed by atoms with Crippen molar-refractivity contribution in [3.63, 3.8) is 0 Å².